The van der Waals surface area contributed by atoms with Crippen LogP contribution in [0.15, 0.2) is 24.3 Å². The van der Waals surface area contributed by atoms with Crippen molar-refractivity contribution >= 4 is 0 Å². The van der Waals surface area contributed by atoms with Gasteiger partial charge in [-0.3, -0.25) is 4.90 Å². The third kappa shape index (κ3) is 3.53. The second-order valence-electron chi connectivity index (χ2n) is 5.47. The molecule has 0 bridgehead atoms. The predicted octanol–water partition coefficient (Wildman–Crippen LogP) is 3.19. The summed E-state index contributed by atoms with van der Waals surface area (Å²) >= 11 is 0. The van der Waals surface area contributed by atoms with Crippen LogP contribution >= 0.6 is 0 Å². The summed E-state index contributed by atoms with van der Waals surface area (Å²) in [6, 6.07) is 7.05. The van der Waals surface area contributed by atoms with E-state index in [1.165, 1.54) is 12.1 Å². The lowest BCUT2D eigenvalue weighted by Gasteiger charge is -2.36. The first-order chi connectivity index (χ1) is 8.34. The van der Waals surface area contributed by atoms with Crippen LogP contribution in [-0.2, 0) is 0 Å². The molecule has 1 aromatic rings. The number of halogens is 1. The smallest absolute Gasteiger partial charge is 0.123 e. The first-order valence-corrected chi connectivity index (χ1v) is 6.57. The highest BCUT2D eigenvalue weighted by Gasteiger charge is 2.24. The maximum Gasteiger partial charge on any atom is 0.123 e. The Labute approximate surface area is 110 Å². The molecule has 0 amide bonds. The van der Waals surface area contributed by atoms with Crippen molar-refractivity contribution in [3.8, 4) is 0 Å². The Balaban J connectivity index is 2.77. The average Bonchev–Trinajstić information content (AvgIpc) is 2.36. The van der Waals surface area contributed by atoms with Gasteiger partial charge in [0.25, 0.3) is 0 Å². The van der Waals surface area contributed by atoms with Crippen LogP contribution in [0.2, 0.25) is 0 Å². The number of nitrogens with zero attached hydrogens (tertiary/aromatic N) is 1. The summed E-state index contributed by atoms with van der Waals surface area (Å²) in [4.78, 5) is 2.29. The molecule has 0 saturated carbocycles. The van der Waals surface area contributed by atoms with Gasteiger partial charge in [0.2, 0.25) is 0 Å². The number of hydrogen-bond donors (Lipinski definition) is 1. The zero-order valence-corrected chi connectivity index (χ0v) is 12.0. The molecule has 0 saturated heterocycles. The molecule has 2 N–H and O–H groups in total. The highest BCUT2D eigenvalue weighted by molar-refractivity contribution is 5.21. The van der Waals surface area contributed by atoms with E-state index >= 15 is 0 Å². The molecule has 0 aromatic heterocycles. The lowest BCUT2D eigenvalue weighted by Crippen LogP contribution is -2.45. The maximum atomic E-state index is 12.9. The van der Waals surface area contributed by atoms with E-state index in [-0.39, 0.29) is 17.9 Å². The molecule has 0 spiro atoms. The second-order valence-corrected chi connectivity index (χ2v) is 5.47. The molecule has 0 heterocycles. The Morgan fingerprint density at radius 1 is 1.00 bits per heavy atom. The Bertz CT molecular complexity index is 361. The van der Waals surface area contributed by atoms with Gasteiger partial charge in [-0.25, -0.2) is 4.39 Å². The van der Waals surface area contributed by atoms with Crippen molar-refractivity contribution in [1.29, 1.82) is 0 Å². The largest absolute Gasteiger partial charge is 0.323 e. The average molecular weight is 252 g/mol. The summed E-state index contributed by atoms with van der Waals surface area (Å²) < 4.78 is 12.9. The summed E-state index contributed by atoms with van der Waals surface area (Å²) in [5.74, 6) is 0.361. The van der Waals surface area contributed by atoms with E-state index in [4.69, 9.17) is 5.73 Å². The standard InChI is InChI=1S/C15H25FN2/c1-10(2)11(3)18(5)12(4)15(17)13-6-8-14(16)9-7-13/h6-12,15H,17H2,1-5H3. The normalized spacial score (nSPS) is 16.9. The van der Waals surface area contributed by atoms with Crippen molar-refractivity contribution in [3.05, 3.63) is 35.6 Å². The van der Waals surface area contributed by atoms with Crippen molar-refractivity contribution in [1.82, 2.24) is 4.90 Å². The van der Waals surface area contributed by atoms with Gasteiger partial charge in [-0.05, 0) is 44.5 Å². The van der Waals surface area contributed by atoms with Gasteiger partial charge in [0.1, 0.15) is 5.82 Å². The van der Waals surface area contributed by atoms with Crippen LogP contribution < -0.4 is 5.73 Å². The number of hydrogen-bond acceptors (Lipinski definition) is 2. The molecule has 0 aliphatic heterocycles. The fourth-order valence-electron chi connectivity index (χ4n) is 2.06. The topological polar surface area (TPSA) is 29.3 Å². The van der Waals surface area contributed by atoms with E-state index in [0.29, 0.717) is 12.0 Å². The van der Waals surface area contributed by atoms with Crippen LogP contribution in [-0.4, -0.2) is 24.0 Å². The van der Waals surface area contributed by atoms with Gasteiger partial charge < -0.3 is 5.73 Å². The summed E-state index contributed by atoms with van der Waals surface area (Å²) in [6.45, 7) is 8.74. The molecule has 18 heavy (non-hydrogen) atoms. The molecule has 0 aliphatic carbocycles. The van der Waals surface area contributed by atoms with Gasteiger partial charge in [0.15, 0.2) is 0 Å². The fourth-order valence-corrected chi connectivity index (χ4v) is 2.06. The zero-order valence-electron chi connectivity index (χ0n) is 12.0. The number of nitrogens with two attached hydrogens (primary N) is 1. The molecule has 2 nitrogen and oxygen atoms in total. The van der Waals surface area contributed by atoms with Gasteiger partial charge >= 0.3 is 0 Å². The van der Waals surface area contributed by atoms with E-state index in [1.807, 2.05) is 0 Å². The van der Waals surface area contributed by atoms with Crippen LogP contribution in [0, 0.1) is 11.7 Å². The monoisotopic (exact) mass is 252 g/mol. The number of benzene rings is 1. The molecule has 3 atom stereocenters. The van der Waals surface area contributed by atoms with Gasteiger partial charge in [-0.2, -0.15) is 0 Å². The molecule has 0 aliphatic rings. The highest BCUT2D eigenvalue weighted by Crippen LogP contribution is 2.21. The molecular weight excluding hydrogens is 227 g/mol. The zero-order chi connectivity index (χ0) is 13.9. The molecule has 3 unspecified atom stereocenters. The van der Waals surface area contributed by atoms with Crippen LogP contribution in [0.25, 0.3) is 0 Å². The van der Waals surface area contributed by atoms with Crippen molar-refractivity contribution in [2.45, 2.75) is 45.8 Å². The maximum absolute atomic E-state index is 12.9. The van der Waals surface area contributed by atoms with Crippen molar-refractivity contribution in [2.24, 2.45) is 11.7 Å². The molecule has 0 fully saturated rings. The first-order valence-electron chi connectivity index (χ1n) is 6.57. The van der Waals surface area contributed by atoms with Crippen LogP contribution in [0.3, 0.4) is 0 Å². The van der Waals surface area contributed by atoms with Crippen LogP contribution in [0.1, 0.15) is 39.3 Å². The van der Waals surface area contributed by atoms with E-state index in [2.05, 4.69) is 39.6 Å². The summed E-state index contributed by atoms with van der Waals surface area (Å²) in [5, 5.41) is 0. The lowest BCUT2D eigenvalue weighted by atomic mass is 9.97. The molecular formula is C15H25FN2. The minimum absolute atomic E-state index is 0.100. The van der Waals surface area contributed by atoms with Crippen molar-refractivity contribution < 1.29 is 4.39 Å². The van der Waals surface area contributed by atoms with Crippen molar-refractivity contribution in [2.75, 3.05) is 7.05 Å². The highest BCUT2D eigenvalue weighted by atomic mass is 19.1. The van der Waals surface area contributed by atoms with Crippen LogP contribution in [0.5, 0.6) is 0 Å². The van der Waals surface area contributed by atoms with E-state index in [1.54, 1.807) is 12.1 Å². The SMILES string of the molecule is CC(C)C(C)N(C)C(C)C(N)c1ccc(F)cc1. The van der Waals surface area contributed by atoms with Gasteiger partial charge in [-0.15, -0.1) is 0 Å². The molecule has 1 aromatic carbocycles. The minimum atomic E-state index is -0.220. The lowest BCUT2D eigenvalue weighted by molar-refractivity contribution is 0.139. The third-order valence-corrected chi connectivity index (χ3v) is 4.02. The number of rotatable bonds is 5. The van der Waals surface area contributed by atoms with Crippen LogP contribution in [0.4, 0.5) is 4.39 Å². The van der Waals surface area contributed by atoms with Gasteiger partial charge in [0, 0.05) is 18.1 Å². The fraction of sp³-hybridized carbons (Fsp3) is 0.600. The molecule has 0 radical (unpaired) electrons. The predicted molar refractivity (Wildman–Crippen MR) is 74.9 cm³/mol. The Morgan fingerprint density at radius 2 is 1.50 bits per heavy atom. The molecule has 1 rings (SSSR count). The van der Waals surface area contributed by atoms with E-state index in [0.717, 1.165) is 5.56 Å². The quantitative estimate of drug-likeness (QED) is 0.872. The van der Waals surface area contributed by atoms with Gasteiger partial charge in [-0.1, -0.05) is 26.0 Å². The second kappa shape index (κ2) is 6.30. The first kappa shape index (κ1) is 15.1. The summed E-state index contributed by atoms with van der Waals surface area (Å²) in [6.07, 6.45) is 0. The van der Waals surface area contributed by atoms with Gasteiger partial charge in [0.05, 0.1) is 0 Å². The Kier molecular flexibility index (Phi) is 5.29. The van der Waals surface area contributed by atoms with E-state index in [9.17, 15) is 4.39 Å². The third-order valence-electron chi connectivity index (χ3n) is 4.02. The molecule has 102 valence electrons. The summed E-state index contributed by atoms with van der Waals surface area (Å²) in [5.41, 5.74) is 7.24. The van der Waals surface area contributed by atoms with Crippen molar-refractivity contribution in [3.63, 3.8) is 0 Å². The Hall–Kier alpha value is -0.930. The molecule has 3 heteroatoms. The van der Waals surface area contributed by atoms with E-state index < -0.39 is 0 Å². The number of likely N-dealkylation sites (N-methyl/N-ethyl adjacent to an activating group) is 1. The minimum Gasteiger partial charge on any atom is -0.323 e. The Morgan fingerprint density at radius 3 is 1.94 bits per heavy atom. The summed E-state index contributed by atoms with van der Waals surface area (Å²) in [7, 11) is 2.10.